The van der Waals surface area contributed by atoms with E-state index in [2.05, 4.69) is 4.98 Å². The van der Waals surface area contributed by atoms with Crippen molar-refractivity contribution in [2.45, 2.75) is 32.9 Å². The molecule has 1 N–H and O–H groups in total. The van der Waals surface area contributed by atoms with Crippen molar-refractivity contribution in [3.05, 3.63) is 64.1 Å². The molecular weight excluding hydrogens is 466 g/mol. The van der Waals surface area contributed by atoms with E-state index in [9.17, 15) is 18.4 Å². The van der Waals surface area contributed by atoms with Gasteiger partial charge >= 0.3 is 5.97 Å². The minimum atomic E-state index is -1.11. The minimum Gasteiger partial charge on any atom is -0.496 e. The van der Waals surface area contributed by atoms with Crippen LogP contribution in [0.5, 0.6) is 11.5 Å². The van der Waals surface area contributed by atoms with Gasteiger partial charge in [-0.1, -0.05) is 12.1 Å². The number of rotatable bonds is 8. The van der Waals surface area contributed by atoms with Crippen molar-refractivity contribution in [2.75, 3.05) is 13.7 Å². The summed E-state index contributed by atoms with van der Waals surface area (Å²) in [4.78, 5) is 29.5. The number of methoxy groups -OCH3 is 1. The molecule has 2 aromatic carbocycles. The van der Waals surface area contributed by atoms with Gasteiger partial charge in [0.25, 0.3) is 5.91 Å². The van der Waals surface area contributed by atoms with Crippen molar-refractivity contribution in [2.24, 2.45) is 0 Å². The molecule has 0 bridgehead atoms. The summed E-state index contributed by atoms with van der Waals surface area (Å²) >= 11 is 1.23. The van der Waals surface area contributed by atoms with Gasteiger partial charge in [-0.05, 0) is 44.5 Å². The van der Waals surface area contributed by atoms with E-state index in [1.807, 2.05) is 0 Å². The molecule has 0 aliphatic heterocycles. The lowest BCUT2D eigenvalue weighted by Crippen LogP contribution is -2.48. The van der Waals surface area contributed by atoms with Crippen LogP contribution >= 0.6 is 11.3 Å². The fourth-order valence-electron chi connectivity index (χ4n) is 3.16. The number of carboxylic acids is 1. The van der Waals surface area contributed by atoms with E-state index in [0.29, 0.717) is 21.9 Å². The number of carboxylic acid groups (broad SMARTS) is 1. The van der Waals surface area contributed by atoms with Gasteiger partial charge in [0.1, 0.15) is 35.4 Å². The van der Waals surface area contributed by atoms with Crippen LogP contribution in [0.4, 0.5) is 8.78 Å². The predicted molar refractivity (Wildman–Crippen MR) is 123 cm³/mol. The van der Waals surface area contributed by atoms with Gasteiger partial charge in [0.05, 0.1) is 7.11 Å². The summed E-state index contributed by atoms with van der Waals surface area (Å²) in [5.74, 6) is -2.82. The van der Waals surface area contributed by atoms with Gasteiger partial charge < -0.3 is 19.5 Å². The Kier molecular flexibility index (Phi) is 7.51. The molecule has 0 aliphatic carbocycles. The minimum absolute atomic E-state index is 0.0975. The Labute approximate surface area is 199 Å². The molecule has 0 aliphatic rings. The van der Waals surface area contributed by atoms with Crippen LogP contribution in [0.2, 0.25) is 0 Å². The first-order chi connectivity index (χ1) is 16.0. The Morgan fingerprint density at radius 3 is 2.35 bits per heavy atom. The van der Waals surface area contributed by atoms with Crippen molar-refractivity contribution in [3.8, 4) is 22.6 Å². The van der Waals surface area contributed by atoms with Crippen LogP contribution in [-0.4, -0.2) is 46.1 Å². The average Bonchev–Trinajstić information content (AvgIpc) is 3.26. The Balaban J connectivity index is 1.69. The SMILES string of the molecule is COc1cc(F)c(F)cc1-c1ccc(OCc2nc(C(=O)N(CC(=O)O)C(C)(C)C)cs2)cc1. The lowest BCUT2D eigenvalue weighted by atomic mass is 10.0. The van der Waals surface area contributed by atoms with Gasteiger partial charge in [-0.25, -0.2) is 13.8 Å². The van der Waals surface area contributed by atoms with Crippen molar-refractivity contribution in [1.29, 1.82) is 0 Å². The maximum atomic E-state index is 13.7. The van der Waals surface area contributed by atoms with Crippen molar-refractivity contribution >= 4 is 23.2 Å². The topological polar surface area (TPSA) is 89.0 Å². The van der Waals surface area contributed by atoms with E-state index in [4.69, 9.17) is 14.6 Å². The number of thiazole rings is 1. The third kappa shape index (κ3) is 5.88. The van der Waals surface area contributed by atoms with Crippen LogP contribution in [0.1, 0.15) is 36.3 Å². The molecule has 0 unspecified atom stereocenters. The number of ether oxygens (including phenoxy) is 2. The highest BCUT2D eigenvalue weighted by atomic mass is 32.1. The molecular formula is C24H24F2N2O5S. The van der Waals surface area contributed by atoms with Gasteiger partial charge in [0, 0.05) is 22.5 Å². The lowest BCUT2D eigenvalue weighted by Gasteiger charge is -2.33. The van der Waals surface area contributed by atoms with E-state index in [0.717, 1.165) is 12.1 Å². The Morgan fingerprint density at radius 1 is 1.12 bits per heavy atom. The molecule has 3 rings (SSSR count). The molecule has 0 radical (unpaired) electrons. The monoisotopic (exact) mass is 490 g/mol. The van der Waals surface area contributed by atoms with Gasteiger partial charge in [0.15, 0.2) is 11.6 Å². The fourth-order valence-corrected chi connectivity index (χ4v) is 3.84. The quantitative estimate of drug-likeness (QED) is 0.478. The fraction of sp³-hybridized carbons (Fsp3) is 0.292. The molecule has 0 spiro atoms. The normalized spacial score (nSPS) is 11.2. The second-order valence-corrected chi connectivity index (χ2v) is 9.30. The number of hydrogen-bond donors (Lipinski definition) is 1. The number of hydrogen-bond acceptors (Lipinski definition) is 6. The number of amides is 1. The Hall–Kier alpha value is -3.53. The smallest absolute Gasteiger partial charge is 0.323 e. The lowest BCUT2D eigenvalue weighted by molar-refractivity contribution is -0.138. The first-order valence-electron chi connectivity index (χ1n) is 10.2. The largest absolute Gasteiger partial charge is 0.496 e. The van der Waals surface area contributed by atoms with E-state index in [1.165, 1.54) is 23.3 Å². The highest BCUT2D eigenvalue weighted by molar-refractivity contribution is 7.09. The summed E-state index contributed by atoms with van der Waals surface area (Å²) in [6, 6.07) is 8.79. The van der Waals surface area contributed by atoms with E-state index in [1.54, 1.807) is 50.4 Å². The molecule has 180 valence electrons. The van der Waals surface area contributed by atoms with Gasteiger partial charge in [-0.15, -0.1) is 11.3 Å². The number of carbonyl (C=O) groups excluding carboxylic acids is 1. The molecule has 0 saturated carbocycles. The number of nitrogens with zero attached hydrogens (tertiary/aromatic N) is 2. The highest BCUT2D eigenvalue weighted by Crippen LogP contribution is 2.33. The number of halogens is 2. The van der Waals surface area contributed by atoms with Gasteiger partial charge in [-0.3, -0.25) is 9.59 Å². The summed E-state index contributed by atoms with van der Waals surface area (Å²) < 4.78 is 38.0. The van der Waals surface area contributed by atoms with Crippen LogP contribution in [0.15, 0.2) is 41.8 Å². The molecule has 0 saturated heterocycles. The molecule has 1 aromatic heterocycles. The molecule has 10 heteroatoms. The second-order valence-electron chi connectivity index (χ2n) is 8.36. The molecule has 0 fully saturated rings. The first-order valence-corrected chi connectivity index (χ1v) is 11.1. The zero-order chi connectivity index (χ0) is 25.0. The highest BCUT2D eigenvalue weighted by Gasteiger charge is 2.30. The molecule has 1 heterocycles. The van der Waals surface area contributed by atoms with Crippen LogP contribution in [-0.2, 0) is 11.4 Å². The first kappa shape index (κ1) is 25.1. The summed E-state index contributed by atoms with van der Waals surface area (Å²) in [5.41, 5.74) is 0.487. The maximum absolute atomic E-state index is 13.7. The molecule has 34 heavy (non-hydrogen) atoms. The summed E-state index contributed by atoms with van der Waals surface area (Å²) in [6.45, 7) is 4.93. The van der Waals surface area contributed by atoms with E-state index in [-0.39, 0.29) is 18.1 Å². The molecule has 3 aromatic rings. The van der Waals surface area contributed by atoms with E-state index >= 15 is 0 Å². The van der Waals surface area contributed by atoms with Crippen LogP contribution in [0.3, 0.4) is 0 Å². The third-order valence-electron chi connectivity index (χ3n) is 4.89. The molecule has 7 nitrogen and oxygen atoms in total. The summed E-state index contributed by atoms with van der Waals surface area (Å²) in [5, 5.41) is 11.2. The average molecular weight is 491 g/mol. The second kappa shape index (κ2) is 10.2. The Morgan fingerprint density at radius 2 is 1.76 bits per heavy atom. The number of carbonyl (C=O) groups is 2. The zero-order valence-corrected chi connectivity index (χ0v) is 19.9. The van der Waals surface area contributed by atoms with Gasteiger partial charge in [0.2, 0.25) is 0 Å². The van der Waals surface area contributed by atoms with Crippen LogP contribution < -0.4 is 9.47 Å². The number of benzene rings is 2. The number of aliphatic carboxylic acids is 1. The third-order valence-corrected chi connectivity index (χ3v) is 5.71. The summed E-state index contributed by atoms with van der Waals surface area (Å²) in [7, 11) is 1.38. The maximum Gasteiger partial charge on any atom is 0.323 e. The Bertz CT molecular complexity index is 1190. The molecule has 0 atom stereocenters. The zero-order valence-electron chi connectivity index (χ0n) is 19.1. The predicted octanol–water partition coefficient (Wildman–Crippen LogP) is 5.00. The van der Waals surface area contributed by atoms with Crippen molar-refractivity contribution < 1.29 is 33.0 Å². The summed E-state index contributed by atoms with van der Waals surface area (Å²) in [6.07, 6.45) is 0. The molecule has 1 amide bonds. The van der Waals surface area contributed by atoms with Crippen molar-refractivity contribution in [1.82, 2.24) is 9.88 Å². The standard InChI is InChI=1S/C24H24F2N2O5S/c1-24(2,3)28(11-22(29)30)23(31)19-13-34-21(27-19)12-33-15-7-5-14(6-8-15)16-9-17(25)18(26)10-20(16)32-4/h5-10,13H,11-12H2,1-4H3,(H,29,30). The van der Waals surface area contributed by atoms with Gasteiger partial charge in [-0.2, -0.15) is 0 Å². The van der Waals surface area contributed by atoms with Crippen LogP contribution in [0.25, 0.3) is 11.1 Å². The number of aromatic nitrogens is 1. The van der Waals surface area contributed by atoms with E-state index < -0.39 is 35.6 Å². The van der Waals surface area contributed by atoms with Crippen LogP contribution in [0, 0.1) is 11.6 Å². The van der Waals surface area contributed by atoms with Crippen molar-refractivity contribution in [3.63, 3.8) is 0 Å².